The summed E-state index contributed by atoms with van der Waals surface area (Å²) < 4.78 is 47.3. The van der Waals surface area contributed by atoms with Gasteiger partial charge >= 0.3 is 5.97 Å². The molecule has 0 saturated carbocycles. The Morgan fingerprint density at radius 2 is 2.00 bits per heavy atom. The van der Waals surface area contributed by atoms with Crippen molar-refractivity contribution in [1.29, 1.82) is 0 Å². The van der Waals surface area contributed by atoms with Gasteiger partial charge in [0.2, 0.25) is 0 Å². The summed E-state index contributed by atoms with van der Waals surface area (Å²) in [6.45, 7) is 1.90. The summed E-state index contributed by atoms with van der Waals surface area (Å²) in [7, 11) is 1.51. The third-order valence-corrected chi connectivity index (χ3v) is 8.19. The third-order valence-electron chi connectivity index (χ3n) is 7.18. The molecule has 3 unspecified atom stereocenters. The molecule has 1 fully saturated rings. The highest BCUT2D eigenvalue weighted by Crippen LogP contribution is 2.36. The number of aliphatic carboxylic acids is 1. The zero-order chi connectivity index (χ0) is 27.2. The van der Waals surface area contributed by atoms with Crippen molar-refractivity contribution in [3.8, 4) is 5.75 Å². The van der Waals surface area contributed by atoms with Crippen molar-refractivity contribution in [2.75, 3.05) is 32.5 Å². The number of carboxylic acids is 1. The molecule has 1 saturated heterocycles. The van der Waals surface area contributed by atoms with Gasteiger partial charge in [-0.25, -0.2) is 13.2 Å². The largest absolute Gasteiger partial charge is 0.497 e. The highest BCUT2D eigenvalue weighted by Gasteiger charge is 2.31. The van der Waals surface area contributed by atoms with Crippen molar-refractivity contribution in [3.05, 3.63) is 65.6 Å². The van der Waals surface area contributed by atoms with E-state index in [-0.39, 0.29) is 35.1 Å². The van der Waals surface area contributed by atoms with Crippen LogP contribution in [0.2, 0.25) is 0 Å². The van der Waals surface area contributed by atoms with Crippen LogP contribution in [0.3, 0.4) is 0 Å². The molecule has 2 heterocycles. The average molecular weight is 549 g/mol. The first-order valence-electron chi connectivity index (χ1n) is 12.6. The number of methoxy groups -OCH3 is 1. The molecule has 0 bridgehead atoms. The van der Waals surface area contributed by atoms with Crippen LogP contribution in [0.1, 0.15) is 37.4 Å². The molecule has 0 aliphatic carbocycles. The van der Waals surface area contributed by atoms with E-state index in [1.165, 1.54) is 24.9 Å². The van der Waals surface area contributed by atoms with Crippen LogP contribution in [0.5, 0.6) is 5.75 Å². The normalized spacial score (nSPS) is 19.0. The number of hydrogen-bond donors (Lipinski definition) is 2. The molecular formula is C28H31F3N2O4S. The number of fused-ring (bicyclic) bond motifs is 1. The fourth-order valence-corrected chi connectivity index (χ4v) is 6.19. The van der Waals surface area contributed by atoms with E-state index in [1.807, 2.05) is 0 Å². The summed E-state index contributed by atoms with van der Waals surface area (Å²) in [5.74, 6) is -1.45. The van der Waals surface area contributed by atoms with Crippen molar-refractivity contribution < 1.29 is 32.9 Å². The Hall–Kier alpha value is -2.82. The topological polar surface area (TPSA) is 82.9 Å². The fourth-order valence-electron chi connectivity index (χ4n) is 5.22. The second kappa shape index (κ2) is 12.8. The molecule has 1 aliphatic heterocycles. The number of aromatic nitrogens is 1. The lowest BCUT2D eigenvalue weighted by atomic mass is 9.79. The number of benzene rings is 2. The van der Waals surface area contributed by atoms with Gasteiger partial charge in [0.05, 0.1) is 24.9 Å². The number of thioether (sulfide) groups is 1. The minimum Gasteiger partial charge on any atom is -0.497 e. The first-order chi connectivity index (χ1) is 18.2. The predicted octanol–water partition coefficient (Wildman–Crippen LogP) is 5.68. The zero-order valence-electron chi connectivity index (χ0n) is 21.1. The van der Waals surface area contributed by atoms with Crippen molar-refractivity contribution in [3.63, 3.8) is 0 Å². The van der Waals surface area contributed by atoms with Gasteiger partial charge in [-0.05, 0) is 74.0 Å². The van der Waals surface area contributed by atoms with E-state index < -0.39 is 29.5 Å². The number of piperidine rings is 1. The van der Waals surface area contributed by atoms with Gasteiger partial charge in [-0.15, -0.1) is 11.8 Å². The van der Waals surface area contributed by atoms with E-state index in [4.69, 9.17) is 4.74 Å². The summed E-state index contributed by atoms with van der Waals surface area (Å²) in [6, 6.07) is 8.46. The molecule has 1 aromatic heterocycles. The summed E-state index contributed by atoms with van der Waals surface area (Å²) in [4.78, 5) is 18.1. The Labute approximate surface area is 223 Å². The number of ether oxygens (including phenoxy) is 1. The Morgan fingerprint density at radius 3 is 2.76 bits per heavy atom. The van der Waals surface area contributed by atoms with Crippen LogP contribution in [0.15, 0.2) is 47.5 Å². The van der Waals surface area contributed by atoms with Gasteiger partial charge in [0.15, 0.2) is 0 Å². The summed E-state index contributed by atoms with van der Waals surface area (Å²) in [5.41, 5.74) is 0.719. The molecule has 4 rings (SSSR count). The molecule has 38 heavy (non-hydrogen) atoms. The smallest absolute Gasteiger partial charge is 0.303 e. The minimum absolute atomic E-state index is 0.00726. The van der Waals surface area contributed by atoms with Crippen LogP contribution in [-0.2, 0) is 4.79 Å². The molecule has 0 radical (unpaired) electrons. The van der Waals surface area contributed by atoms with E-state index >= 15 is 0 Å². The van der Waals surface area contributed by atoms with E-state index in [2.05, 4.69) is 9.88 Å². The lowest BCUT2D eigenvalue weighted by Crippen LogP contribution is -2.42. The molecule has 0 spiro atoms. The van der Waals surface area contributed by atoms with Crippen LogP contribution in [0, 0.1) is 29.3 Å². The quantitative estimate of drug-likeness (QED) is 0.299. The molecule has 6 nitrogen and oxygen atoms in total. The zero-order valence-corrected chi connectivity index (χ0v) is 21.9. The highest BCUT2D eigenvalue weighted by atomic mass is 32.2. The van der Waals surface area contributed by atoms with E-state index in [0.717, 1.165) is 31.3 Å². The number of rotatable bonds is 11. The number of nitrogens with zero attached hydrogens (tertiary/aromatic N) is 2. The monoisotopic (exact) mass is 548 g/mol. The molecule has 204 valence electrons. The molecular weight excluding hydrogens is 517 g/mol. The number of pyridine rings is 1. The van der Waals surface area contributed by atoms with Gasteiger partial charge in [0.1, 0.15) is 23.2 Å². The number of carbonyl (C=O) groups is 1. The lowest BCUT2D eigenvalue weighted by Gasteiger charge is -2.38. The van der Waals surface area contributed by atoms with Gasteiger partial charge in [0.25, 0.3) is 0 Å². The summed E-state index contributed by atoms with van der Waals surface area (Å²) in [5, 5.41) is 21.0. The van der Waals surface area contributed by atoms with E-state index in [1.54, 1.807) is 18.2 Å². The number of carboxylic acid groups (broad SMARTS) is 1. The van der Waals surface area contributed by atoms with Gasteiger partial charge in [-0.3, -0.25) is 9.78 Å². The molecule has 3 aromatic rings. The maximum absolute atomic E-state index is 14.8. The van der Waals surface area contributed by atoms with Crippen LogP contribution in [-0.4, -0.2) is 58.6 Å². The van der Waals surface area contributed by atoms with Gasteiger partial charge < -0.3 is 19.8 Å². The molecule has 3 atom stereocenters. The summed E-state index contributed by atoms with van der Waals surface area (Å²) in [6.07, 6.45) is 1.58. The average Bonchev–Trinajstić information content (AvgIpc) is 2.89. The number of hydrogen-bond acceptors (Lipinski definition) is 6. The highest BCUT2D eigenvalue weighted by molar-refractivity contribution is 7.99. The van der Waals surface area contributed by atoms with Gasteiger partial charge in [-0.1, -0.05) is 0 Å². The lowest BCUT2D eigenvalue weighted by molar-refractivity contribution is -0.139. The predicted molar refractivity (Wildman–Crippen MR) is 140 cm³/mol. The van der Waals surface area contributed by atoms with Crippen LogP contribution >= 0.6 is 11.8 Å². The van der Waals surface area contributed by atoms with Gasteiger partial charge in [0, 0.05) is 41.1 Å². The number of aliphatic hydroxyl groups excluding tert-OH is 1. The minimum atomic E-state index is -1.08. The number of likely N-dealkylation sites (tertiary alicyclic amines) is 1. The molecule has 10 heteroatoms. The molecule has 2 N–H and O–H groups in total. The Balaban J connectivity index is 1.38. The van der Waals surface area contributed by atoms with Crippen molar-refractivity contribution in [1.82, 2.24) is 9.88 Å². The first-order valence-corrected chi connectivity index (χ1v) is 13.6. The van der Waals surface area contributed by atoms with Crippen LogP contribution in [0.25, 0.3) is 10.9 Å². The van der Waals surface area contributed by atoms with Crippen LogP contribution < -0.4 is 4.74 Å². The molecule has 2 aromatic carbocycles. The Kier molecular flexibility index (Phi) is 9.51. The maximum Gasteiger partial charge on any atom is 0.303 e. The molecule has 1 aliphatic rings. The van der Waals surface area contributed by atoms with Crippen molar-refractivity contribution in [2.24, 2.45) is 11.8 Å². The Bertz CT molecular complexity index is 1280. The standard InChI is InChI=1S/C28H31F3N2O4S/c1-37-20-4-6-24-21(14-20)28(23(31)15-32-24)25(34)7-2-17-8-9-33(16-18(17)12-27(35)36)10-11-38-26-13-19(29)3-5-22(26)30/h3-6,13-15,17-18,25,34H,2,7-12,16H2,1H3,(H,35,36). The van der Waals surface area contributed by atoms with Crippen molar-refractivity contribution in [2.45, 2.75) is 36.7 Å². The fraction of sp³-hybridized carbons (Fsp3) is 0.429. The van der Waals surface area contributed by atoms with E-state index in [0.29, 0.717) is 41.9 Å². The number of halogens is 3. The molecule has 0 amide bonds. The third kappa shape index (κ3) is 6.98. The number of aliphatic hydroxyl groups is 1. The SMILES string of the molecule is COc1ccc2ncc(F)c(C(O)CCC3CCN(CCSc4cc(F)ccc4F)CC3CC(=O)O)c2c1. The summed E-state index contributed by atoms with van der Waals surface area (Å²) >= 11 is 1.23. The second-order valence-corrected chi connectivity index (χ2v) is 10.8. The maximum atomic E-state index is 14.8. The van der Waals surface area contributed by atoms with E-state index in [9.17, 15) is 28.2 Å². The van der Waals surface area contributed by atoms with Gasteiger partial charge in [-0.2, -0.15) is 0 Å². The second-order valence-electron chi connectivity index (χ2n) is 9.63. The first kappa shape index (κ1) is 28.2. The Morgan fingerprint density at radius 1 is 1.18 bits per heavy atom. The van der Waals surface area contributed by atoms with Crippen molar-refractivity contribution >= 4 is 28.6 Å². The van der Waals surface area contributed by atoms with Crippen LogP contribution in [0.4, 0.5) is 13.2 Å².